The molecule has 0 radical (unpaired) electrons. The smallest absolute Gasteiger partial charge is 0.333 e. The molecule has 26 heavy (non-hydrogen) atoms. The van der Waals surface area contributed by atoms with Crippen molar-refractivity contribution in [2.75, 3.05) is 20.0 Å². The van der Waals surface area contributed by atoms with Crippen LogP contribution >= 0.6 is 11.6 Å². The molecule has 0 fully saturated rings. The molecule has 0 aliphatic rings. The number of aromatic nitrogens is 2. The summed E-state index contributed by atoms with van der Waals surface area (Å²) in [7, 11) is -2.32. The van der Waals surface area contributed by atoms with Gasteiger partial charge >= 0.3 is 5.97 Å². The number of carbonyl (C=O) groups excluding carboxylic acids is 1. The van der Waals surface area contributed by atoms with Gasteiger partial charge in [-0.3, -0.25) is 4.18 Å². The molecule has 0 bridgehead atoms. The van der Waals surface area contributed by atoms with E-state index in [4.69, 9.17) is 25.8 Å². The van der Waals surface area contributed by atoms with Gasteiger partial charge in [-0.15, -0.1) is 0 Å². The Labute approximate surface area is 156 Å². The van der Waals surface area contributed by atoms with E-state index in [0.29, 0.717) is 16.8 Å². The van der Waals surface area contributed by atoms with Gasteiger partial charge in [0.05, 0.1) is 37.9 Å². The lowest BCUT2D eigenvalue weighted by molar-refractivity contribution is -0.143. The van der Waals surface area contributed by atoms with Gasteiger partial charge in [-0.25, -0.2) is 9.78 Å². The number of benzene rings is 1. The average molecular weight is 398 g/mol. The van der Waals surface area contributed by atoms with Gasteiger partial charge in [-0.2, -0.15) is 13.7 Å². The lowest BCUT2D eigenvalue weighted by Crippen LogP contribution is -2.24. The van der Waals surface area contributed by atoms with E-state index in [2.05, 4.69) is 4.98 Å². The molecule has 0 amide bonds. The second-order valence-electron chi connectivity index (χ2n) is 5.34. The van der Waals surface area contributed by atoms with Crippen LogP contribution in [0.1, 0.15) is 22.9 Å². The fourth-order valence-corrected chi connectivity index (χ4v) is 3.05. The van der Waals surface area contributed by atoms with Gasteiger partial charge in [-0.1, -0.05) is 17.7 Å². The summed E-state index contributed by atoms with van der Waals surface area (Å²) in [6.07, 6.45) is 4.08. The monoisotopic (exact) mass is 397 g/mol. The molecule has 0 aliphatic heterocycles. The predicted octanol–water partition coefficient (Wildman–Crippen LogP) is 1.69. The number of rotatable bonds is 7. The first-order valence-corrected chi connectivity index (χ1v) is 9.58. The number of nitriles is 1. The van der Waals surface area contributed by atoms with Crippen molar-refractivity contribution in [3.05, 3.63) is 52.6 Å². The van der Waals surface area contributed by atoms with Gasteiger partial charge in [0.1, 0.15) is 0 Å². The molecule has 10 heteroatoms. The summed E-state index contributed by atoms with van der Waals surface area (Å²) >= 11 is 6.24. The molecule has 138 valence electrons. The van der Waals surface area contributed by atoms with E-state index in [1.54, 1.807) is 12.1 Å². The van der Waals surface area contributed by atoms with Gasteiger partial charge in [0.2, 0.25) is 0 Å². The Morgan fingerprint density at radius 2 is 2.19 bits per heavy atom. The molecule has 1 unspecified atom stereocenters. The van der Waals surface area contributed by atoms with E-state index in [1.165, 1.54) is 30.3 Å². The van der Waals surface area contributed by atoms with Crippen LogP contribution < -0.4 is 0 Å². The van der Waals surface area contributed by atoms with Crippen LogP contribution in [0.4, 0.5) is 0 Å². The third-order valence-corrected chi connectivity index (χ3v) is 4.45. The number of carbonyl (C=O) groups is 1. The van der Waals surface area contributed by atoms with Crippen LogP contribution in [-0.4, -0.2) is 43.9 Å². The normalized spacial score (nSPS) is 12.4. The molecule has 0 saturated heterocycles. The van der Waals surface area contributed by atoms with Crippen molar-refractivity contribution in [2.24, 2.45) is 0 Å². The summed E-state index contributed by atoms with van der Waals surface area (Å²) in [6.45, 7) is -0.0977. The maximum absolute atomic E-state index is 12.4. The minimum absolute atomic E-state index is 0.0977. The molecule has 0 spiro atoms. The summed E-state index contributed by atoms with van der Waals surface area (Å²) in [6, 6.07) is 5.60. The zero-order valence-electron chi connectivity index (χ0n) is 14.0. The molecule has 2 aromatic rings. The Bertz CT molecular complexity index is 949. The number of halogens is 1. The molecular formula is C16H16ClN3O5S. The van der Waals surface area contributed by atoms with E-state index in [0.717, 1.165) is 6.26 Å². The minimum Gasteiger partial charge on any atom is -0.467 e. The molecule has 1 heterocycles. The number of nitrogens with zero attached hydrogens (tertiary/aromatic N) is 3. The molecule has 1 aromatic carbocycles. The number of imidazole rings is 1. The highest BCUT2D eigenvalue weighted by molar-refractivity contribution is 7.85. The Balaban J connectivity index is 2.39. The van der Waals surface area contributed by atoms with E-state index < -0.39 is 22.1 Å². The lowest BCUT2D eigenvalue weighted by Gasteiger charge is -2.20. The molecule has 2 rings (SSSR count). The van der Waals surface area contributed by atoms with E-state index in [1.807, 2.05) is 6.07 Å². The largest absolute Gasteiger partial charge is 0.467 e. The summed E-state index contributed by atoms with van der Waals surface area (Å²) < 4.78 is 33.3. The maximum atomic E-state index is 12.4. The molecule has 0 saturated carbocycles. The van der Waals surface area contributed by atoms with Crippen molar-refractivity contribution < 1.29 is 22.1 Å². The molecule has 0 aliphatic carbocycles. The first-order chi connectivity index (χ1) is 12.3. The first kappa shape index (κ1) is 19.9. The number of methoxy groups -OCH3 is 1. The zero-order valence-corrected chi connectivity index (χ0v) is 15.6. The fraction of sp³-hybridized carbons (Fsp3) is 0.312. The highest BCUT2D eigenvalue weighted by Crippen LogP contribution is 2.29. The van der Waals surface area contributed by atoms with Crippen molar-refractivity contribution in [2.45, 2.75) is 12.5 Å². The Morgan fingerprint density at radius 1 is 1.46 bits per heavy atom. The molecular weight excluding hydrogens is 382 g/mol. The van der Waals surface area contributed by atoms with Crippen molar-refractivity contribution >= 4 is 27.7 Å². The third-order valence-electron chi connectivity index (χ3n) is 3.53. The SMILES string of the molecule is COC(=O)C(c1ccc(C#N)cc1Cl)n1cncc1CCOS(C)(=O)=O. The molecule has 1 aromatic heterocycles. The summed E-state index contributed by atoms with van der Waals surface area (Å²) in [4.78, 5) is 16.4. The van der Waals surface area contributed by atoms with E-state index in [9.17, 15) is 13.2 Å². The molecule has 0 N–H and O–H groups in total. The van der Waals surface area contributed by atoms with Crippen LogP contribution in [0.25, 0.3) is 0 Å². The average Bonchev–Trinajstić information content (AvgIpc) is 3.03. The highest BCUT2D eigenvalue weighted by atomic mass is 35.5. The Hall–Kier alpha value is -2.41. The Kier molecular flexibility index (Phi) is 6.37. The van der Waals surface area contributed by atoms with E-state index in [-0.39, 0.29) is 18.1 Å². The van der Waals surface area contributed by atoms with Crippen molar-refractivity contribution in [1.82, 2.24) is 9.55 Å². The van der Waals surface area contributed by atoms with E-state index >= 15 is 0 Å². The number of hydrogen-bond donors (Lipinski definition) is 0. The topological polar surface area (TPSA) is 111 Å². The maximum Gasteiger partial charge on any atom is 0.333 e. The second-order valence-corrected chi connectivity index (χ2v) is 7.39. The predicted molar refractivity (Wildman–Crippen MR) is 93.0 cm³/mol. The number of esters is 1. The van der Waals surface area contributed by atoms with Gasteiger partial charge in [0.25, 0.3) is 10.1 Å². The third kappa shape index (κ3) is 4.82. The van der Waals surface area contributed by atoms with Gasteiger partial charge in [0, 0.05) is 28.9 Å². The summed E-state index contributed by atoms with van der Waals surface area (Å²) in [5.41, 5.74) is 1.35. The van der Waals surface area contributed by atoms with Gasteiger partial charge in [-0.05, 0) is 12.1 Å². The second kappa shape index (κ2) is 8.31. The quantitative estimate of drug-likeness (QED) is 0.516. The zero-order chi connectivity index (χ0) is 19.3. The van der Waals surface area contributed by atoms with Crippen LogP contribution in [0.15, 0.2) is 30.7 Å². The highest BCUT2D eigenvalue weighted by Gasteiger charge is 2.27. The van der Waals surface area contributed by atoms with Crippen molar-refractivity contribution in [3.8, 4) is 6.07 Å². The fourth-order valence-electron chi connectivity index (χ4n) is 2.38. The lowest BCUT2D eigenvalue weighted by atomic mass is 10.0. The van der Waals surface area contributed by atoms with Crippen LogP contribution in [-0.2, 0) is 30.3 Å². The number of ether oxygens (including phenoxy) is 1. The molecule has 1 atom stereocenters. The summed E-state index contributed by atoms with van der Waals surface area (Å²) in [5, 5.41) is 9.19. The summed E-state index contributed by atoms with van der Waals surface area (Å²) in [5.74, 6) is -0.583. The standard InChI is InChI=1S/C16H16ClN3O5S/c1-24-16(21)15(13-4-3-11(8-18)7-14(13)17)20-10-19-9-12(20)5-6-25-26(2,22)23/h3-4,7,9-10,15H,5-6H2,1-2H3. The van der Waals surface area contributed by atoms with Gasteiger partial charge in [0.15, 0.2) is 6.04 Å². The Morgan fingerprint density at radius 3 is 2.77 bits per heavy atom. The van der Waals surface area contributed by atoms with Crippen LogP contribution in [0.5, 0.6) is 0 Å². The van der Waals surface area contributed by atoms with Crippen LogP contribution in [0, 0.1) is 11.3 Å². The minimum atomic E-state index is -3.57. The van der Waals surface area contributed by atoms with Crippen LogP contribution in [0.2, 0.25) is 5.02 Å². The van der Waals surface area contributed by atoms with Crippen molar-refractivity contribution in [1.29, 1.82) is 5.26 Å². The van der Waals surface area contributed by atoms with Gasteiger partial charge < -0.3 is 9.30 Å². The first-order valence-electron chi connectivity index (χ1n) is 7.39. The number of hydrogen-bond acceptors (Lipinski definition) is 7. The van der Waals surface area contributed by atoms with Crippen molar-refractivity contribution in [3.63, 3.8) is 0 Å². The molecule has 8 nitrogen and oxygen atoms in total. The van der Waals surface area contributed by atoms with Crippen LogP contribution in [0.3, 0.4) is 0 Å².